The van der Waals surface area contributed by atoms with Crippen molar-refractivity contribution < 1.29 is 28.8 Å². The number of hydrogen-bond donors (Lipinski definition) is 3. The zero-order valence-electron chi connectivity index (χ0n) is 18.1. The van der Waals surface area contributed by atoms with Crippen LogP contribution in [0.3, 0.4) is 0 Å². The molecule has 0 aliphatic heterocycles. The molecule has 1 amide bonds. The van der Waals surface area contributed by atoms with Crippen molar-refractivity contribution in [3.63, 3.8) is 0 Å². The SMILES string of the molecule is [N-]=[N+]=NCCOCCOCCOCCOCCC(=O)NCCc1c[nH]c2ccc(O)cc12. The van der Waals surface area contributed by atoms with Crippen LogP contribution in [0.15, 0.2) is 29.5 Å². The van der Waals surface area contributed by atoms with Gasteiger partial charge in [0.2, 0.25) is 5.91 Å². The maximum Gasteiger partial charge on any atom is 0.222 e. The molecule has 0 atom stereocenters. The number of carbonyl (C=O) groups excluding carboxylic acids is 1. The largest absolute Gasteiger partial charge is 0.508 e. The minimum absolute atomic E-state index is 0.0661. The van der Waals surface area contributed by atoms with E-state index in [4.69, 9.17) is 24.5 Å². The first-order valence-electron chi connectivity index (χ1n) is 10.6. The Hall–Kier alpha value is -2.82. The van der Waals surface area contributed by atoms with Crippen molar-refractivity contribution in [2.75, 3.05) is 65.9 Å². The third-order valence-electron chi connectivity index (χ3n) is 4.46. The number of hydrogen-bond acceptors (Lipinski definition) is 7. The molecule has 1 aromatic carbocycles. The van der Waals surface area contributed by atoms with Crippen LogP contribution < -0.4 is 5.32 Å². The zero-order valence-corrected chi connectivity index (χ0v) is 18.1. The van der Waals surface area contributed by atoms with Gasteiger partial charge in [0.15, 0.2) is 0 Å². The van der Waals surface area contributed by atoms with E-state index in [-0.39, 0.29) is 18.1 Å². The average Bonchev–Trinajstić information content (AvgIpc) is 3.18. The van der Waals surface area contributed by atoms with Crippen molar-refractivity contribution in [2.24, 2.45) is 5.11 Å². The van der Waals surface area contributed by atoms with Crippen LogP contribution in [-0.2, 0) is 30.2 Å². The molecule has 0 fully saturated rings. The molecule has 3 N–H and O–H groups in total. The Labute approximate surface area is 186 Å². The highest BCUT2D eigenvalue weighted by atomic mass is 16.6. The highest BCUT2D eigenvalue weighted by Gasteiger charge is 2.06. The zero-order chi connectivity index (χ0) is 22.9. The van der Waals surface area contributed by atoms with E-state index in [1.807, 2.05) is 12.3 Å². The molecule has 32 heavy (non-hydrogen) atoms. The lowest BCUT2D eigenvalue weighted by Crippen LogP contribution is -2.26. The minimum Gasteiger partial charge on any atom is -0.508 e. The van der Waals surface area contributed by atoms with Crippen LogP contribution in [0.4, 0.5) is 0 Å². The molecular formula is C21H31N5O6. The van der Waals surface area contributed by atoms with Gasteiger partial charge in [0.25, 0.3) is 0 Å². The first-order chi connectivity index (χ1) is 15.7. The van der Waals surface area contributed by atoms with E-state index in [0.29, 0.717) is 72.4 Å². The molecule has 0 saturated carbocycles. The number of nitrogens with one attached hydrogen (secondary N) is 2. The van der Waals surface area contributed by atoms with Crippen molar-refractivity contribution in [3.05, 3.63) is 40.4 Å². The molecule has 0 unspecified atom stereocenters. The van der Waals surface area contributed by atoms with Gasteiger partial charge in [0, 0.05) is 41.5 Å². The smallest absolute Gasteiger partial charge is 0.222 e. The summed E-state index contributed by atoms with van der Waals surface area (Å²) in [6, 6.07) is 5.18. The van der Waals surface area contributed by atoms with Gasteiger partial charge in [-0.2, -0.15) is 0 Å². The first-order valence-corrected chi connectivity index (χ1v) is 10.6. The van der Waals surface area contributed by atoms with Gasteiger partial charge in [-0.05, 0) is 35.7 Å². The predicted octanol–water partition coefficient (Wildman–Crippen LogP) is 2.30. The lowest BCUT2D eigenvalue weighted by molar-refractivity contribution is -0.122. The second-order valence-corrected chi connectivity index (χ2v) is 6.80. The van der Waals surface area contributed by atoms with Crippen LogP contribution in [0.5, 0.6) is 5.75 Å². The van der Waals surface area contributed by atoms with Crippen LogP contribution >= 0.6 is 0 Å². The van der Waals surface area contributed by atoms with Crippen molar-refractivity contribution in [1.29, 1.82) is 0 Å². The maximum atomic E-state index is 11.9. The molecule has 0 spiro atoms. The standard InChI is InChI=1S/C21H31N5O6/c22-26-25-6-8-30-10-12-32-14-13-31-11-9-29-7-4-21(28)23-5-3-17-16-24-20-2-1-18(27)15-19(17)20/h1-2,15-16,24,27H,3-14H2,(H,23,28). The molecule has 2 aromatic rings. The van der Waals surface area contributed by atoms with E-state index >= 15 is 0 Å². The normalized spacial score (nSPS) is 10.9. The monoisotopic (exact) mass is 449 g/mol. The number of phenolic OH excluding ortho intramolecular Hbond substituents is 1. The Morgan fingerprint density at radius 3 is 2.38 bits per heavy atom. The summed E-state index contributed by atoms with van der Waals surface area (Å²) in [4.78, 5) is 17.7. The second-order valence-electron chi connectivity index (χ2n) is 6.80. The highest BCUT2D eigenvalue weighted by Crippen LogP contribution is 2.22. The number of rotatable bonds is 18. The van der Waals surface area contributed by atoms with Crippen LogP contribution in [0.25, 0.3) is 21.3 Å². The molecule has 176 valence electrons. The number of benzene rings is 1. The number of aromatic hydroxyl groups is 1. The van der Waals surface area contributed by atoms with Crippen LogP contribution in [0, 0.1) is 0 Å². The predicted molar refractivity (Wildman–Crippen MR) is 119 cm³/mol. The molecule has 11 nitrogen and oxygen atoms in total. The Morgan fingerprint density at radius 1 is 1.03 bits per heavy atom. The number of amides is 1. The topological polar surface area (TPSA) is 151 Å². The molecular weight excluding hydrogens is 418 g/mol. The number of H-pyrrole nitrogens is 1. The van der Waals surface area contributed by atoms with E-state index in [0.717, 1.165) is 16.5 Å². The van der Waals surface area contributed by atoms with Gasteiger partial charge < -0.3 is 34.4 Å². The number of aromatic nitrogens is 1. The third-order valence-corrected chi connectivity index (χ3v) is 4.46. The summed E-state index contributed by atoms with van der Waals surface area (Å²) in [5.41, 5.74) is 10.1. The van der Waals surface area contributed by atoms with Crippen molar-refractivity contribution in [2.45, 2.75) is 12.8 Å². The fraction of sp³-hybridized carbons (Fsp3) is 0.571. The number of nitrogens with zero attached hydrogens (tertiary/aromatic N) is 3. The van der Waals surface area contributed by atoms with Gasteiger partial charge >= 0.3 is 0 Å². The summed E-state index contributed by atoms with van der Waals surface area (Å²) in [5, 5.41) is 16.8. The summed E-state index contributed by atoms with van der Waals surface area (Å²) >= 11 is 0. The molecule has 1 heterocycles. The van der Waals surface area contributed by atoms with Gasteiger partial charge in [-0.25, -0.2) is 0 Å². The Bertz CT molecular complexity index is 852. The lowest BCUT2D eigenvalue weighted by atomic mass is 10.1. The summed E-state index contributed by atoms with van der Waals surface area (Å²) in [6.45, 7) is 4.20. The quantitative estimate of drug-likeness (QED) is 0.137. The summed E-state index contributed by atoms with van der Waals surface area (Å²) in [6.07, 6.45) is 2.86. The van der Waals surface area contributed by atoms with E-state index in [1.54, 1.807) is 12.1 Å². The van der Waals surface area contributed by atoms with Crippen molar-refractivity contribution in [3.8, 4) is 5.75 Å². The summed E-state index contributed by atoms with van der Waals surface area (Å²) in [7, 11) is 0. The number of phenols is 1. The maximum absolute atomic E-state index is 11.9. The molecule has 0 bridgehead atoms. The molecule has 0 aliphatic rings. The number of ether oxygens (including phenoxy) is 4. The number of carbonyl (C=O) groups is 1. The summed E-state index contributed by atoms with van der Waals surface area (Å²) < 4.78 is 21.3. The highest BCUT2D eigenvalue weighted by molar-refractivity contribution is 5.84. The fourth-order valence-corrected chi connectivity index (χ4v) is 2.87. The third kappa shape index (κ3) is 10.5. The number of aromatic amines is 1. The second kappa shape index (κ2) is 15.9. The molecule has 2 rings (SSSR count). The van der Waals surface area contributed by atoms with Crippen molar-refractivity contribution >= 4 is 16.8 Å². The Kier molecular flexibility index (Phi) is 12.6. The van der Waals surface area contributed by atoms with E-state index in [9.17, 15) is 9.90 Å². The molecule has 11 heteroatoms. The molecule has 0 radical (unpaired) electrons. The van der Waals surface area contributed by atoms with Crippen LogP contribution in [0.2, 0.25) is 0 Å². The first kappa shape index (κ1) is 25.4. The molecule has 0 aliphatic carbocycles. The van der Waals surface area contributed by atoms with Gasteiger partial charge in [-0.15, -0.1) is 0 Å². The van der Waals surface area contributed by atoms with Gasteiger partial charge in [0.05, 0.1) is 52.9 Å². The minimum atomic E-state index is -0.0661. The van der Waals surface area contributed by atoms with Gasteiger partial charge in [-0.1, -0.05) is 5.11 Å². The van der Waals surface area contributed by atoms with Gasteiger partial charge in [0.1, 0.15) is 5.75 Å². The van der Waals surface area contributed by atoms with Crippen molar-refractivity contribution in [1.82, 2.24) is 10.3 Å². The Balaban J connectivity index is 1.38. The van der Waals surface area contributed by atoms with Gasteiger partial charge in [-0.3, -0.25) is 4.79 Å². The molecule has 0 saturated heterocycles. The van der Waals surface area contributed by atoms with E-state index in [2.05, 4.69) is 20.3 Å². The summed E-state index contributed by atoms with van der Waals surface area (Å²) in [5.74, 6) is 0.157. The average molecular weight is 450 g/mol. The number of fused-ring (bicyclic) bond motifs is 1. The molecule has 1 aromatic heterocycles. The van der Waals surface area contributed by atoms with E-state index in [1.165, 1.54) is 0 Å². The van der Waals surface area contributed by atoms with E-state index < -0.39 is 0 Å². The Morgan fingerprint density at radius 2 is 1.69 bits per heavy atom. The fourth-order valence-electron chi connectivity index (χ4n) is 2.87. The van der Waals surface area contributed by atoms with Crippen LogP contribution in [0.1, 0.15) is 12.0 Å². The van der Waals surface area contributed by atoms with Crippen LogP contribution in [-0.4, -0.2) is 81.9 Å². The number of azide groups is 1. The lowest BCUT2D eigenvalue weighted by Gasteiger charge is -2.08.